The summed E-state index contributed by atoms with van der Waals surface area (Å²) >= 11 is 0. The van der Waals surface area contributed by atoms with Gasteiger partial charge >= 0.3 is 0 Å². The normalized spacial score (nSPS) is 13.8. The second-order valence-corrected chi connectivity index (χ2v) is 9.10. The number of aromatic nitrogens is 1. The first-order chi connectivity index (χ1) is 15.4. The highest BCUT2D eigenvalue weighted by Gasteiger charge is 2.20. The van der Waals surface area contributed by atoms with Gasteiger partial charge in [-0.1, -0.05) is 19.9 Å². The highest BCUT2D eigenvalue weighted by Crippen LogP contribution is 2.27. The number of H-pyrrole nitrogens is 1. The lowest BCUT2D eigenvalue weighted by Gasteiger charge is -2.22. The van der Waals surface area contributed by atoms with Crippen molar-refractivity contribution in [3.8, 4) is 0 Å². The third-order valence-electron chi connectivity index (χ3n) is 5.94. The molecule has 0 saturated carbocycles. The molecule has 1 aliphatic heterocycles. The highest BCUT2D eigenvalue weighted by atomic mass is 16.1. The van der Waals surface area contributed by atoms with Crippen molar-refractivity contribution in [3.63, 3.8) is 0 Å². The van der Waals surface area contributed by atoms with E-state index in [-0.39, 0.29) is 11.5 Å². The van der Waals surface area contributed by atoms with Gasteiger partial charge in [0, 0.05) is 48.0 Å². The summed E-state index contributed by atoms with van der Waals surface area (Å²) in [4.78, 5) is 30.3. The van der Waals surface area contributed by atoms with Crippen LogP contribution in [0.2, 0.25) is 0 Å². The molecule has 6 nitrogen and oxygen atoms in total. The van der Waals surface area contributed by atoms with Crippen molar-refractivity contribution in [3.05, 3.63) is 69.5 Å². The molecule has 2 heterocycles. The van der Waals surface area contributed by atoms with E-state index in [0.29, 0.717) is 17.2 Å². The average Bonchev–Trinajstić information content (AvgIpc) is 3.28. The van der Waals surface area contributed by atoms with Crippen LogP contribution < -0.4 is 21.1 Å². The summed E-state index contributed by atoms with van der Waals surface area (Å²) in [6.45, 7) is 9.91. The molecule has 0 unspecified atom stereocenters. The number of nitrogens with zero attached hydrogens (tertiary/aromatic N) is 1. The minimum atomic E-state index is -0.120. The summed E-state index contributed by atoms with van der Waals surface area (Å²) in [5.74, 6) is 0.465. The Morgan fingerprint density at radius 1 is 1.09 bits per heavy atom. The minimum Gasteiger partial charge on any atom is -0.371 e. The molecule has 1 fully saturated rings. The van der Waals surface area contributed by atoms with E-state index in [1.807, 2.05) is 31.2 Å². The van der Waals surface area contributed by atoms with E-state index >= 15 is 0 Å². The number of carbonyl (C=O) groups is 1. The Labute approximate surface area is 189 Å². The second kappa shape index (κ2) is 9.57. The minimum absolute atomic E-state index is 0.112. The van der Waals surface area contributed by atoms with Crippen LogP contribution in [0.25, 0.3) is 10.9 Å². The molecule has 4 rings (SSSR count). The molecule has 3 aromatic rings. The third kappa shape index (κ3) is 5.02. The Bertz CT molecular complexity index is 1180. The third-order valence-corrected chi connectivity index (χ3v) is 5.94. The Morgan fingerprint density at radius 2 is 1.88 bits per heavy atom. The number of aryl methyl sites for hydroxylation is 1. The number of fused-ring (bicyclic) bond motifs is 1. The van der Waals surface area contributed by atoms with Gasteiger partial charge in [-0.3, -0.25) is 9.59 Å². The van der Waals surface area contributed by atoms with E-state index in [1.54, 1.807) is 6.07 Å². The number of nitrogens with one attached hydrogen (secondary N) is 3. The molecule has 2 aromatic carbocycles. The smallest absolute Gasteiger partial charge is 0.257 e. The van der Waals surface area contributed by atoms with Crippen LogP contribution in [-0.4, -0.2) is 30.5 Å². The summed E-state index contributed by atoms with van der Waals surface area (Å²) < 4.78 is 0. The maximum absolute atomic E-state index is 13.4. The molecule has 1 amide bonds. The van der Waals surface area contributed by atoms with Gasteiger partial charge in [0.05, 0.1) is 5.56 Å². The molecule has 0 radical (unpaired) electrons. The molecule has 0 atom stereocenters. The van der Waals surface area contributed by atoms with Gasteiger partial charge in [-0.25, -0.2) is 0 Å². The van der Waals surface area contributed by atoms with Crippen molar-refractivity contribution < 1.29 is 4.79 Å². The molecule has 168 valence electrons. The van der Waals surface area contributed by atoms with Crippen LogP contribution in [0.4, 0.5) is 11.4 Å². The first-order valence-corrected chi connectivity index (χ1v) is 11.4. The Kier molecular flexibility index (Phi) is 6.61. The van der Waals surface area contributed by atoms with E-state index in [9.17, 15) is 9.59 Å². The van der Waals surface area contributed by atoms with Crippen LogP contribution in [0.3, 0.4) is 0 Å². The van der Waals surface area contributed by atoms with Crippen LogP contribution in [0.1, 0.15) is 48.2 Å². The Balaban J connectivity index is 1.61. The predicted molar refractivity (Wildman–Crippen MR) is 132 cm³/mol. The van der Waals surface area contributed by atoms with Gasteiger partial charge in [0.1, 0.15) is 0 Å². The quantitative estimate of drug-likeness (QED) is 0.516. The highest BCUT2D eigenvalue weighted by molar-refractivity contribution is 6.09. The van der Waals surface area contributed by atoms with Gasteiger partial charge in [-0.2, -0.15) is 0 Å². The maximum Gasteiger partial charge on any atom is 0.257 e. The van der Waals surface area contributed by atoms with E-state index in [2.05, 4.69) is 46.5 Å². The fourth-order valence-corrected chi connectivity index (χ4v) is 4.31. The van der Waals surface area contributed by atoms with Gasteiger partial charge < -0.3 is 20.5 Å². The van der Waals surface area contributed by atoms with Gasteiger partial charge in [0.2, 0.25) is 5.56 Å². The molecular formula is C26H32N4O2. The first kappa shape index (κ1) is 22.1. The fraction of sp³-hybridized carbons (Fsp3) is 0.385. The van der Waals surface area contributed by atoms with E-state index in [4.69, 9.17) is 0 Å². The van der Waals surface area contributed by atoms with Crippen LogP contribution in [0.5, 0.6) is 0 Å². The lowest BCUT2D eigenvalue weighted by Crippen LogP contribution is -2.24. The number of amides is 1. The number of hydrogen-bond acceptors (Lipinski definition) is 4. The standard InChI is InChI=1S/C26H32N4O2/c1-17(2)15-27-16-19-6-9-24(30-10-4-5-11-30)22(13-19)26(32)28-20-7-8-23-21(14-20)18(3)12-25(31)29-23/h6-9,12-14,17,27H,4-5,10-11,15-16H2,1-3H3,(H,28,32)(H,29,31). The monoisotopic (exact) mass is 432 g/mol. The summed E-state index contributed by atoms with van der Waals surface area (Å²) in [5, 5.41) is 7.47. The zero-order valence-corrected chi connectivity index (χ0v) is 19.1. The first-order valence-electron chi connectivity index (χ1n) is 11.4. The number of carbonyl (C=O) groups excluding carboxylic acids is 1. The van der Waals surface area contributed by atoms with Crippen LogP contribution in [-0.2, 0) is 6.54 Å². The van der Waals surface area contributed by atoms with Gasteiger partial charge in [0.15, 0.2) is 0 Å². The fourth-order valence-electron chi connectivity index (χ4n) is 4.31. The Hall–Kier alpha value is -3.12. The second-order valence-electron chi connectivity index (χ2n) is 9.10. The van der Waals surface area contributed by atoms with Crippen molar-refractivity contribution in [2.75, 3.05) is 29.9 Å². The van der Waals surface area contributed by atoms with Crippen molar-refractivity contribution in [1.29, 1.82) is 0 Å². The van der Waals surface area contributed by atoms with Gasteiger partial charge in [0.25, 0.3) is 5.91 Å². The van der Waals surface area contributed by atoms with Crippen molar-refractivity contribution in [2.24, 2.45) is 5.92 Å². The molecule has 0 aliphatic carbocycles. The number of rotatable bonds is 7. The summed E-state index contributed by atoms with van der Waals surface area (Å²) in [5.41, 5.74) is 5.05. The molecular weight excluding hydrogens is 400 g/mol. The molecule has 1 aromatic heterocycles. The van der Waals surface area contributed by atoms with E-state index < -0.39 is 0 Å². The molecule has 0 spiro atoms. The van der Waals surface area contributed by atoms with Crippen LogP contribution in [0, 0.1) is 12.8 Å². The summed E-state index contributed by atoms with van der Waals surface area (Å²) in [7, 11) is 0. The largest absolute Gasteiger partial charge is 0.371 e. The number of pyridine rings is 1. The number of anilines is 2. The van der Waals surface area contributed by atoms with E-state index in [0.717, 1.165) is 66.7 Å². The molecule has 3 N–H and O–H groups in total. The topological polar surface area (TPSA) is 77.2 Å². The molecule has 1 saturated heterocycles. The Morgan fingerprint density at radius 3 is 2.62 bits per heavy atom. The van der Waals surface area contributed by atoms with Gasteiger partial charge in [-0.05, 0) is 73.7 Å². The van der Waals surface area contributed by atoms with E-state index in [1.165, 1.54) is 0 Å². The maximum atomic E-state index is 13.4. The SMILES string of the molecule is Cc1cc(=O)[nH]c2ccc(NC(=O)c3cc(CNCC(C)C)ccc3N3CCCC3)cc12. The van der Waals surface area contributed by atoms with Crippen LogP contribution >= 0.6 is 0 Å². The number of benzene rings is 2. The van der Waals surface area contributed by atoms with Crippen molar-refractivity contribution in [1.82, 2.24) is 10.3 Å². The number of aromatic amines is 1. The molecule has 1 aliphatic rings. The average molecular weight is 433 g/mol. The van der Waals surface area contributed by atoms with Crippen molar-refractivity contribution in [2.45, 2.75) is 40.2 Å². The number of hydrogen-bond donors (Lipinski definition) is 3. The van der Waals surface area contributed by atoms with Crippen molar-refractivity contribution >= 4 is 28.2 Å². The summed E-state index contributed by atoms with van der Waals surface area (Å²) in [6.07, 6.45) is 2.31. The predicted octanol–water partition coefficient (Wildman–Crippen LogP) is 4.43. The molecule has 32 heavy (non-hydrogen) atoms. The summed E-state index contributed by atoms with van der Waals surface area (Å²) in [6, 6.07) is 13.4. The van der Waals surface area contributed by atoms with Crippen LogP contribution in [0.15, 0.2) is 47.3 Å². The zero-order valence-electron chi connectivity index (χ0n) is 19.1. The lowest BCUT2D eigenvalue weighted by molar-refractivity contribution is 0.102. The zero-order chi connectivity index (χ0) is 22.7. The van der Waals surface area contributed by atoms with Gasteiger partial charge in [-0.15, -0.1) is 0 Å². The molecule has 0 bridgehead atoms. The molecule has 6 heteroatoms. The lowest BCUT2D eigenvalue weighted by atomic mass is 10.1.